The maximum absolute atomic E-state index is 2.43. The van der Waals surface area contributed by atoms with E-state index in [0.29, 0.717) is 0 Å². The first kappa shape index (κ1) is 28.3. The maximum Gasteiger partial charge on any atom is 0.0700 e. The van der Waals surface area contributed by atoms with Gasteiger partial charge in [-0.05, 0) is 148 Å². The molecule has 0 amide bonds. The van der Waals surface area contributed by atoms with Crippen LogP contribution in [0.5, 0.6) is 0 Å². The number of aryl methyl sites for hydroxylation is 12. The molecule has 4 rings (SSSR count). The van der Waals surface area contributed by atoms with Gasteiger partial charge in [0.2, 0.25) is 0 Å². The molecule has 0 atom stereocenters. The first-order valence-corrected chi connectivity index (χ1v) is 17.9. The molecule has 0 N–H and O–H groups in total. The number of hydrogen-bond donors (Lipinski definition) is 0. The van der Waals surface area contributed by atoms with E-state index in [4.69, 9.17) is 0 Å². The Hall–Kier alpha value is -2.69. The summed E-state index contributed by atoms with van der Waals surface area (Å²) in [6.45, 7) is 27.9. The van der Waals surface area contributed by atoms with Crippen molar-refractivity contribution in [2.45, 2.75) is 83.1 Å². The van der Waals surface area contributed by atoms with Crippen LogP contribution in [0.3, 0.4) is 0 Å². The first-order valence-electron chi connectivity index (χ1n) is 13.9. The molecule has 0 spiro atoms. The quantitative estimate of drug-likeness (QED) is 0.267. The minimum atomic E-state index is -1.21. The Balaban J connectivity index is 2.40. The summed E-state index contributed by atoms with van der Waals surface area (Å²) in [6.07, 6.45) is 0. The molecule has 0 aliphatic carbocycles. The van der Waals surface area contributed by atoms with Crippen LogP contribution in [0.15, 0.2) is 48.5 Å². The molecule has 4 aromatic carbocycles. The van der Waals surface area contributed by atoms with Crippen LogP contribution < -0.4 is 20.7 Å². The lowest BCUT2D eigenvalue weighted by Gasteiger charge is -2.27. The normalized spacial score (nSPS) is 11.2. The fraction of sp³-hybridized carbons (Fsp3) is 0.333. The fourth-order valence-electron chi connectivity index (χ4n) is 7.05. The van der Waals surface area contributed by atoms with E-state index >= 15 is 0 Å². The molecule has 0 nitrogen and oxygen atoms in total. The zero-order chi connectivity index (χ0) is 28.0. The van der Waals surface area contributed by atoms with Gasteiger partial charge in [-0.3, -0.25) is 0 Å². The Morgan fingerprint density at radius 1 is 0.263 bits per heavy atom. The van der Waals surface area contributed by atoms with Gasteiger partial charge in [0.1, 0.15) is 0 Å². The zero-order valence-corrected chi connectivity index (χ0v) is 27.6. The van der Waals surface area contributed by atoms with Crippen molar-refractivity contribution in [2.75, 3.05) is 0 Å². The molecule has 0 unspecified atom stereocenters. The van der Waals surface area contributed by atoms with Crippen molar-refractivity contribution in [2.24, 2.45) is 0 Å². The summed E-state index contributed by atoms with van der Waals surface area (Å²) in [5.74, 6) is 0. The van der Waals surface area contributed by atoms with Gasteiger partial charge in [0.15, 0.2) is 0 Å². The number of hydrogen-bond acceptors (Lipinski definition) is 0. The lowest BCUT2D eigenvalue weighted by molar-refractivity contribution is 1.33. The SMILES string of the molecule is Cc1cc(C)c([Si](c2c(C)cc(C)cc2C)=[Si](c2c(C)cc(C)cc2C)c2c(C)cc(C)cc2C)c(C)c1. The molecule has 0 aliphatic heterocycles. The standard InChI is InChI=1S/C36H44Si2/c1-21-13-25(5)33(26(6)14-21)37(34-27(7)15-22(2)16-28(34)8)38(35-29(9)17-23(3)18-30(35)10)36-31(11)19-24(4)20-32(36)12/h13-20H,1-12H3. The molecule has 0 fully saturated rings. The van der Waals surface area contributed by atoms with E-state index in [1.807, 2.05) is 0 Å². The smallest absolute Gasteiger partial charge is 0.0562 e. The largest absolute Gasteiger partial charge is 0.0700 e. The lowest BCUT2D eigenvalue weighted by Crippen LogP contribution is -2.56. The molecular formula is C36H44Si2. The predicted molar refractivity (Wildman–Crippen MR) is 173 cm³/mol. The van der Waals surface area contributed by atoms with E-state index in [9.17, 15) is 0 Å². The molecule has 0 saturated heterocycles. The van der Waals surface area contributed by atoms with Crippen LogP contribution in [-0.2, 0) is 0 Å². The molecule has 0 heterocycles. The van der Waals surface area contributed by atoms with Gasteiger partial charge in [-0.15, -0.1) is 0 Å². The Bertz CT molecular complexity index is 1280. The van der Waals surface area contributed by atoms with Crippen molar-refractivity contribution in [3.8, 4) is 0 Å². The summed E-state index contributed by atoms with van der Waals surface area (Å²) in [5.41, 5.74) is 17.1. The van der Waals surface area contributed by atoms with Gasteiger partial charge in [0.05, 0.1) is 15.8 Å². The van der Waals surface area contributed by atoms with Crippen LogP contribution >= 0.6 is 0 Å². The Labute approximate surface area is 234 Å². The molecule has 38 heavy (non-hydrogen) atoms. The van der Waals surface area contributed by atoms with Gasteiger partial charge >= 0.3 is 0 Å². The zero-order valence-electron chi connectivity index (χ0n) is 25.6. The van der Waals surface area contributed by atoms with E-state index in [1.165, 1.54) is 66.8 Å². The second-order valence-corrected chi connectivity index (χ2v) is 18.3. The van der Waals surface area contributed by atoms with Crippen LogP contribution in [0.4, 0.5) is 0 Å². The Morgan fingerprint density at radius 3 is 0.526 bits per heavy atom. The second-order valence-electron chi connectivity index (χ2n) is 11.8. The topological polar surface area (TPSA) is 0 Å². The van der Waals surface area contributed by atoms with Crippen LogP contribution in [0.2, 0.25) is 0 Å². The summed E-state index contributed by atoms with van der Waals surface area (Å²) in [6, 6.07) is 19.4. The summed E-state index contributed by atoms with van der Waals surface area (Å²) in [4.78, 5) is 0. The van der Waals surface area contributed by atoms with Crippen molar-refractivity contribution in [1.29, 1.82) is 0 Å². The summed E-state index contributed by atoms with van der Waals surface area (Å²) >= 11 is 0. The Kier molecular flexibility index (Phi) is 8.07. The minimum absolute atomic E-state index is 1.21. The van der Waals surface area contributed by atoms with Crippen LogP contribution in [0, 0.1) is 83.1 Å². The number of rotatable bonds is 4. The monoisotopic (exact) mass is 532 g/mol. The molecule has 2 heteroatoms. The summed E-state index contributed by atoms with van der Waals surface area (Å²) in [5, 5.41) is 6.51. The van der Waals surface area contributed by atoms with E-state index in [2.05, 4.69) is 132 Å². The molecule has 0 aromatic heterocycles. The molecule has 0 radical (unpaired) electrons. The molecule has 0 saturated carbocycles. The molecular weight excluding hydrogens is 489 g/mol. The molecule has 4 aromatic rings. The van der Waals surface area contributed by atoms with Crippen LogP contribution in [-0.4, -0.2) is 15.8 Å². The van der Waals surface area contributed by atoms with E-state index in [1.54, 1.807) is 20.7 Å². The van der Waals surface area contributed by atoms with Crippen molar-refractivity contribution in [1.82, 2.24) is 0 Å². The van der Waals surface area contributed by atoms with Gasteiger partial charge in [-0.25, -0.2) is 0 Å². The summed E-state index contributed by atoms with van der Waals surface area (Å²) in [7, 11) is -2.42. The minimum Gasteiger partial charge on any atom is -0.0562 e. The van der Waals surface area contributed by atoms with Crippen molar-refractivity contribution >= 4 is 36.5 Å². The highest BCUT2D eigenvalue weighted by Crippen LogP contribution is 2.15. The van der Waals surface area contributed by atoms with E-state index in [0.717, 1.165) is 0 Å². The fourth-order valence-corrected chi connectivity index (χ4v) is 20.0. The third-order valence-electron chi connectivity index (χ3n) is 7.96. The molecule has 196 valence electrons. The Morgan fingerprint density at radius 2 is 0.395 bits per heavy atom. The first-order chi connectivity index (χ1) is 17.8. The third-order valence-corrected chi connectivity index (χ3v) is 18.1. The van der Waals surface area contributed by atoms with Gasteiger partial charge in [-0.2, -0.15) is 0 Å². The highest BCUT2D eigenvalue weighted by molar-refractivity contribution is 7.20. The summed E-state index contributed by atoms with van der Waals surface area (Å²) < 4.78 is 0. The highest BCUT2D eigenvalue weighted by Gasteiger charge is 2.27. The van der Waals surface area contributed by atoms with Crippen LogP contribution in [0.25, 0.3) is 0 Å². The van der Waals surface area contributed by atoms with Crippen LogP contribution in [0.1, 0.15) is 66.8 Å². The number of benzene rings is 4. The van der Waals surface area contributed by atoms with Gasteiger partial charge in [0, 0.05) is 0 Å². The van der Waals surface area contributed by atoms with Crippen molar-refractivity contribution in [3.63, 3.8) is 0 Å². The maximum atomic E-state index is 2.43. The third kappa shape index (κ3) is 5.26. The molecule has 0 aliphatic rings. The van der Waals surface area contributed by atoms with E-state index in [-0.39, 0.29) is 0 Å². The second kappa shape index (κ2) is 10.8. The lowest BCUT2D eigenvalue weighted by atomic mass is 10.1. The van der Waals surface area contributed by atoms with Gasteiger partial charge < -0.3 is 0 Å². The van der Waals surface area contributed by atoms with E-state index < -0.39 is 15.8 Å². The van der Waals surface area contributed by atoms with Gasteiger partial charge in [-0.1, -0.05) is 70.8 Å². The predicted octanol–water partition coefficient (Wildman–Crippen LogP) is 6.38. The highest BCUT2D eigenvalue weighted by atomic mass is 28.9. The van der Waals surface area contributed by atoms with Crippen molar-refractivity contribution < 1.29 is 0 Å². The van der Waals surface area contributed by atoms with Gasteiger partial charge in [0.25, 0.3) is 0 Å². The average Bonchev–Trinajstić information content (AvgIpc) is 2.74. The van der Waals surface area contributed by atoms with Crippen molar-refractivity contribution in [3.05, 3.63) is 115 Å². The molecule has 0 bridgehead atoms. The average molecular weight is 533 g/mol.